The van der Waals surface area contributed by atoms with Crippen LogP contribution in [0.25, 0.3) is 0 Å². The van der Waals surface area contributed by atoms with Crippen LogP contribution in [0.5, 0.6) is 5.75 Å². The van der Waals surface area contributed by atoms with Gasteiger partial charge in [-0.2, -0.15) is 0 Å². The van der Waals surface area contributed by atoms with E-state index in [2.05, 4.69) is 10.3 Å². The van der Waals surface area contributed by atoms with E-state index < -0.39 is 0 Å². The van der Waals surface area contributed by atoms with E-state index in [0.717, 1.165) is 24.2 Å². The SMILES string of the molecule is CCOc1ccc(CC(=O)NC2CCN(C(=O)c3ccccn3)CC2)cc1. The Hall–Kier alpha value is -2.89. The molecule has 1 aromatic carbocycles. The van der Waals surface area contributed by atoms with E-state index in [1.165, 1.54) is 0 Å². The summed E-state index contributed by atoms with van der Waals surface area (Å²) in [5, 5.41) is 3.08. The predicted molar refractivity (Wildman–Crippen MR) is 103 cm³/mol. The molecule has 0 bridgehead atoms. The van der Waals surface area contributed by atoms with Crippen LogP contribution < -0.4 is 10.1 Å². The largest absolute Gasteiger partial charge is 0.494 e. The molecule has 1 saturated heterocycles. The van der Waals surface area contributed by atoms with Crippen molar-refractivity contribution >= 4 is 11.8 Å². The first-order valence-corrected chi connectivity index (χ1v) is 9.37. The Morgan fingerprint density at radius 1 is 1.15 bits per heavy atom. The van der Waals surface area contributed by atoms with Crippen molar-refractivity contribution in [2.45, 2.75) is 32.2 Å². The molecule has 1 aliphatic rings. The van der Waals surface area contributed by atoms with Gasteiger partial charge in [0.05, 0.1) is 13.0 Å². The average molecular weight is 367 g/mol. The highest BCUT2D eigenvalue weighted by Gasteiger charge is 2.25. The molecule has 0 atom stereocenters. The number of piperidine rings is 1. The van der Waals surface area contributed by atoms with E-state index in [4.69, 9.17) is 4.74 Å². The number of amides is 2. The topological polar surface area (TPSA) is 71.5 Å². The number of rotatable bonds is 6. The summed E-state index contributed by atoms with van der Waals surface area (Å²) in [6, 6.07) is 13.0. The van der Waals surface area contributed by atoms with Crippen molar-refractivity contribution in [2.24, 2.45) is 0 Å². The summed E-state index contributed by atoms with van der Waals surface area (Å²) in [5.74, 6) is 0.773. The molecule has 0 unspecified atom stereocenters. The molecule has 0 spiro atoms. The Kier molecular flexibility index (Phi) is 6.41. The molecule has 142 valence electrons. The highest BCUT2D eigenvalue weighted by atomic mass is 16.5. The molecule has 2 amide bonds. The zero-order valence-corrected chi connectivity index (χ0v) is 15.6. The summed E-state index contributed by atoms with van der Waals surface area (Å²) in [6.45, 7) is 3.82. The number of ether oxygens (including phenoxy) is 1. The molecule has 6 heteroatoms. The van der Waals surface area contributed by atoms with Crippen LogP contribution in [0.2, 0.25) is 0 Å². The van der Waals surface area contributed by atoms with Crippen molar-refractivity contribution in [3.8, 4) is 5.75 Å². The predicted octanol–water partition coefficient (Wildman–Crippen LogP) is 2.44. The molecule has 0 radical (unpaired) electrons. The molecule has 0 saturated carbocycles. The Balaban J connectivity index is 1.44. The highest BCUT2D eigenvalue weighted by molar-refractivity contribution is 5.92. The Morgan fingerprint density at radius 2 is 1.89 bits per heavy atom. The molecule has 2 aromatic rings. The van der Waals surface area contributed by atoms with Crippen molar-refractivity contribution in [3.05, 3.63) is 59.9 Å². The van der Waals surface area contributed by atoms with Gasteiger partial charge in [-0.3, -0.25) is 14.6 Å². The molecular weight excluding hydrogens is 342 g/mol. The lowest BCUT2D eigenvalue weighted by atomic mass is 10.0. The molecule has 1 aliphatic heterocycles. The first-order valence-electron chi connectivity index (χ1n) is 9.37. The number of benzene rings is 1. The van der Waals surface area contributed by atoms with E-state index in [9.17, 15) is 9.59 Å². The summed E-state index contributed by atoms with van der Waals surface area (Å²) in [7, 11) is 0. The number of pyridine rings is 1. The van der Waals surface area contributed by atoms with Crippen LogP contribution in [0.1, 0.15) is 35.8 Å². The maximum atomic E-state index is 12.4. The third-order valence-electron chi connectivity index (χ3n) is 4.63. The molecule has 6 nitrogen and oxygen atoms in total. The van der Waals surface area contributed by atoms with Crippen molar-refractivity contribution in [2.75, 3.05) is 19.7 Å². The first-order chi connectivity index (χ1) is 13.2. The fourth-order valence-corrected chi connectivity index (χ4v) is 3.21. The van der Waals surface area contributed by atoms with Crippen LogP contribution in [-0.2, 0) is 11.2 Å². The second-order valence-electron chi connectivity index (χ2n) is 6.60. The number of likely N-dealkylation sites (tertiary alicyclic amines) is 1. The zero-order chi connectivity index (χ0) is 19.1. The van der Waals surface area contributed by atoms with E-state index >= 15 is 0 Å². The minimum Gasteiger partial charge on any atom is -0.494 e. The first kappa shape index (κ1) is 18.9. The van der Waals surface area contributed by atoms with Crippen LogP contribution in [0.4, 0.5) is 0 Å². The summed E-state index contributed by atoms with van der Waals surface area (Å²) in [4.78, 5) is 30.6. The Morgan fingerprint density at radius 3 is 2.52 bits per heavy atom. The Bertz CT molecular complexity index is 754. The van der Waals surface area contributed by atoms with Gasteiger partial charge >= 0.3 is 0 Å². The van der Waals surface area contributed by atoms with Gasteiger partial charge in [-0.25, -0.2) is 0 Å². The number of aromatic nitrogens is 1. The van der Waals surface area contributed by atoms with E-state index in [1.54, 1.807) is 23.2 Å². The molecular formula is C21H25N3O3. The lowest BCUT2D eigenvalue weighted by Crippen LogP contribution is -2.47. The molecule has 1 aromatic heterocycles. The van der Waals surface area contributed by atoms with Gasteiger partial charge in [0, 0.05) is 25.3 Å². The molecule has 3 rings (SSSR count). The van der Waals surface area contributed by atoms with E-state index in [1.807, 2.05) is 37.3 Å². The van der Waals surface area contributed by atoms with Crippen molar-refractivity contribution in [3.63, 3.8) is 0 Å². The number of hydrogen-bond donors (Lipinski definition) is 1. The van der Waals surface area contributed by atoms with Crippen LogP contribution in [-0.4, -0.2) is 47.4 Å². The standard InChI is InChI=1S/C21H25N3O3/c1-2-27-18-8-6-16(7-9-18)15-20(25)23-17-10-13-24(14-11-17)21(26)19-5-3-4-12-22-19/h3-9,12,17H,2,10-11,13-15H2,1H3,(H,23,25). The van der Waals surface area contributed by atoms with Crippen molar-refractivity contribution in [1.82, 2.24) is 15.2 Å². The summed E-state index contributed by atoms with van der Waals surface area (Å²) < 4.78 is 5.41. The maximum absolute atomic E-state index is 12.4. The van der Waals surface area contributed by atoms with Gasteiger partial charge in [0.25, 0.3) is 5.91 Å². The van der Waals surface area contributed by atoms with Crippen LogP contribution in [0.3, 0.4) is 0 Å². The monoisotopic (exact) mass is 367 g/mol. The fraction of sp³-hybridized carbons (Fsp3) is 0.381. The summed E-state index contributed by atoms with van der Waals surface area (Å²) in [5.41, 5.74) is 1.43. The molecule has 1 N–H and O–H groups in total. The van der Waals surface area contributed by atoms with Crippen LogP contribution in [0.15, 0.2) is 48.7 Å². The molecule has 2 heterocycles. The number of carbonyl (C=O) groups is 2. The van der Waals surface area contributed by atoms with Gasteiger partial charge < -0.3 is 15.0 Å². The van der Waals surface area contributed by atoms with Crippen molar-refractivity contribution < 1.29 is 14.3 Å². The van der Waals surface area contributed by atoms with Gasteiger partial charge in [0.2, 0.25) is 5.91 Å². The lowest BCUT2D eigenvalue weighted by Gasteiger charge is -2.32. The molecule has 1 fully saturated rings. The lowest BCUT2D eigenvalue weighted by molar-refractivity contribution is -0.121. The number of nitrogens with one attached hydrogen (secondary N) is 1. The third kappa shape index (κ3) is 5.29. The minimum atomic E-state index is -0.0465. The normalized spacial score (nSPS) is 14.6. The van der Waals surface area contributed by atoms with Gasteiger partial charge in [-0.15, -0.1) is 0 Å². The van der Waals surface area contributed by atoms with E-state index in [0.29, 0.717) is 31.8 Å². The molecule has 27 heavy (non-hydrogen) atoms. The maximum Gasteiger partial charge on any atom is 0.272 e. The second-order valence-corrected chi connectivity index (χ2v) is 6.60. The van der Waals surface area contributed by atoms with Gasteiger partial charge in [-0.1, -0.05) is 18.2 Å². The van der Waals surface area contributed by atoms with Crippen LogP contribution in [0, 0.1) is 0 Å². The number of nitrogens with zero attached hydrogens (tertiary/aromatic N) is 2. The number of carbonyl (C=O) groups excluding carboxylic acids is 2. The van der Waals surface area contributed by atoms with E-state index in [-0.39, 0.29) is 17.9 Å². The Labute approximate surface area is 159 Å². The summed E-state index contributed by atoms with van der Waals surface area (Å²) >= 11 is 0. The highest BCUT2D eigenvalue weighted by Crippen LogP contribution is 2.15. The summed E-state index contributed by atoms with van der Waals surface area (Å²) in [6.07, 6.45) is 3.49. The average Bonchev–Trinajstić information content (AvgIpc) is 2.70. The third-order valence-corrected chi connectivity index (χ3v) is 4.63. The second kappa shape index (κ2) is 9.16. The van der Waals surface area contributed by atoms with Crippen molar-refractivity contribution in [1.29, 1.82) is 0 Å². The quantitative estimate of drug-likeness (QED) is 0.851. The van der Waals surface area contributed by atoms with Gasteiger partial charge in [0.1, 0.15) is 11.4 Å². The zero-order valence-electron chi connectivity index (χ0n) is 15.6. The molecule has 0 aliphatic carbocycles. The number of hydrogen-bond acceptors (Lipinski definition) is 4. The fourth-order valence-electron chi connectivity index (χ4n) is 3.21. The van der Waals surface area contributed by atoms with Gasteiger partial charge in [-0.05, 0) is 49.6 Å². The smallest absolute Gasteiger partial charge is 0.272 e. The van der Waals surface area contributed by atoms with Gasteiger partial charge in [0.15, 0.2) is 0 Å². The minimum absolute atomic E-state index is 0.00802. The van der Waals surface area contributed by atoms with Crippen LogP contribution >= 0.6 is 0 Å².